The van der Waals surface area contributed by atoms with Crippen molar-refractivity contribution in [2.75, 3.05) is 40.4 Å². The Morgan fingerprint density at radius 1 is 0.829 bits per heavy atom. The van der Waals surface area contributed by atoms with Crippen molar-refractivity contribution in [2.45, 2.75) is 32.4 Å². The summed E-state index contributed by atoms with van der Waals surface area (Å²) >= 11 is 0. The van der Waals surface area contributed by atoms with Crippen molar-refractivity contribution in [3.8, 4) is 0 Å². The first-order valence-corrected chi connectivity index (χ1v) is 13.8. The standard InChI is InChI=1S/C32H41N5O4/c1-25-14-16-27(17-15-25)22-29(31(39)37(20-21-41-3)19-18-26-10-6-4-7-11-26)34-30(38)24-36(2)35-32(40)33-23-28-12-8-5-9-13-28/h4-17,29H,18-24H2,1-3H3,(H,34,38)(H2,33,35,40)/t29-/m0/s1. The van der Waals surface area contributed by atoms with Gasteiger partial charge in [-0.1, -0.05) is 90.5 Å². The van der Waals surface area contributed by atoms with Crippen LogP contribution in [0.5, 0.6) is 0 Å². The Bertz CT molecular complexity index is 1220. The molecular weight excluding hydrogens is 518 g/mol. The number of amides is 4. The van der Waals surface area contributed by atoms with Crippen LogP contribution in [0.15, 0.2) is 84.9 Å². The van der Waals surface area contributed by atoms with Crippen molar-refractivity contribution < 1.29 is 19.1 Å². The van der Waals surface area contributed by atoms with Crippen LogP contribution in [0.4, 0.5) is 4.79 Å². The molecule has 0 aliphatic carbocycles. The fourth-order valence-corrected chi connectivity index (χ4v) is 4.31. The highest BCUT2D eigenvalue weighted by Gasteiger charge is 2.27. The zero-order chi connectivity index (χ0) is 29.5. The number of ether oxygens (including phenoxy) is 1. The molecule has 0 radical (unpaired) electrons. The topological polar surface area (TPSA) is 103 Å². The number of carbonyl (C=O) groups excluding carboxylic acids is 3. The fraction of sp³-hybridized carbons (Fsp3) is 0.344. The quantitative estimate of drug-likeness (QED) is 0.249. The van der Waals surface area contributed by atoms with E-state index in [2.05, 4.69) is 16.1 Å². The number of hydrogen-bond acceptors (Lipinski definition) is 5. The molecule has 3 aromatic rings. The minimum Gasteiger partial charge on any atom is -0.383 e. The molecule has 41 heavy (non-hydrogen) atoms. The second kappa shape index (κ2) is 16.8. The smallest absolute Gasteiger partial charge is 0.329 e. The maximum atomic E-state index is 13.8. The van der Waals surface area contributed by atoms with Crippen molar-refractivity contribution in [1.29, 1.82) is 0 Å². The molecule has 0 heterocycles. The summed E-state index contributed by atoms with van der Waals surface area (Å²) in [6.07, 6.45) is 1.03. The van der Waals surface area contributed by atoms with E-state index in [0.717, 1.165) is 22.3 Å². The number of methoxy groups -OCH3 is 1. The summed E-state index contributed by atoms with van der Waals surface area (Å²) in [5.41, 5.74) is 6.78. The summed E-state index contributed by atoms with van der Waals surface area (Å²) in [5, 5.41) is 7.07. The lowest BCUT2D eigenvalue weighted by molar-refractivity contribution is -0.137. The molecule has 3 aromatic carbocycles. The zero-order valence-electron chi connectivity index (χ0n) is 24.1. The number of nitrogens with one attached hydrogen (secondary N) is 3. The molecule has 0 spiro atoms. The lowest BCUT2D eigenvalue weighted by Crippen LogP contribution is -2.54. The van der Waals surface area contributed by atoms with Crippen molar-refractivity contribution in [3.63, 3.8) is 0 Å². The van der Waals surface area contributed by atoms with E-state index in [1.165, 1.54) is 5.01 Å². The van der Waals surface area contributed by atoms with E-state index < -0.39 is 12.1 Å². The van der Waals surface area contributed by atoms with E-state index in [4.69, 9.17) is 4.74 Å². The van der Waals surface area contributed by atoms with E-state index in [-0.39, 0.29) is 18.4 Å². The van der Waals surface area contributed by atoms with Crippen molar-refractivity contribution in [3.05, 3.63) is 107 Å². The maximum absolute atomic E-state index is 13.8. The van der Waals surface area contributed by atoms with Gasteiger partial charge in [0.1, 0.15) is 6.04 Å². The predicted molar refractivity (Wildman–Crippen MR) is 160 cm³/mol. The van der Waals surface area contributed by atoms with Crippen LogP contribution < -0.4 is 16.1 Å². The normalized spacial score (nSPS) is 11.5. The van der Waals surface area contributed by atoms with Crippen LogP contribution in [0, 0.1) is 6.92 Å². The van der Waals surface area contributed by atoms with Gasteiger partial charge in [-0.15, -0.1) is 0 Å². The third-order valence-corrected chi connectivity index (χ3v) is 6.55. The maximum Gasteiger partial charge on any atom is 0.329 e. The number of aryl methyl sites for hydroxylation is 1. The molecule has 4 amide bonds. The molecule has 218 valence electrons. The first-order chi connectivity index (χ1) is 19.8. The highest BCUT2D eigenvalue weighted by molar-refractivity contribution is 5.88. The minimum absolute atomic E-state index is 0.126. The molecule has 0 unspecified atom stereocenters. The molecule has 3 N–H and O–H groups in total. The van der Waals surface area contributed by atoms with Gasteiger partial charge in [-0.05, 0) is 30.0 Å². The summed E-state index contributed by atoms with van der Waals surface area (Å²) in [6.45, 7) is 3.53. The van der Waals surface area contributed by atoms with Gasteiger partial charge in [0.15, 0.2) is 0 Å². The number of likely N-dealkylation sites (N-methyl/N-ethyl adjacent to an activating group) is 1. The first kappa shape index (κ1) is 31.3. The molecule has 0 saturated heterocycles. The van der Waals surface area contributed by atoms with Crippen molar-refractivity contribution in [1.82, 2.24) is 26.0 Å². The second-order valence-corrected chi connectivity index (χ2v) is 10.00. The van der Waals surface area contributed by atoms with Gasteiger partial charge >= 0.3 is 6.03 Å². The third-order valence-electron chi connectivity index (χ3n) is 6.55. The zero-order valence-corrected chi connectivity index (χ0v) is 24.1. The number of benzene rings is 3. The molecule has 1 atom stereocenters. The van der Waals surface area contributed by atoms with Gasteiger partial charge in [0.05, 0.1) is 13.2 Å². The average Bonchev–Trinajstić information content (AvgIpc) is 2.97. The van der Waals surface area contributed by atoms with Gasteiger partial charge in [-0.2, -0.15) is 0 Å². The predicted octanol–water partition coefficient (Wildman–Crippen LogP) is 3.09. The Kier molecular flexibility index (Phi) is 12.8. The molecule has 0 aliphatic rings. The van der Waals surface area contributed by atoms with Gasteiger partial charge in [0.25, 0.3) is 0 Å². The lowest BCUT2D eigenvalue weighted by Gasteiger charge is -2.29. The molecule has 9 nitrogen and oxygen atoms in total. The van der Waals surface area contributed by atoms with Crippen LogP contribution in [0.1, 0.15) is 22.3 Å². The summed E-state index contributed by atoms with van der Waals surface area (Å²) in [5.74, 6) is -0.556. The third kappa shape index (κ3) is 11.4. The molecule has 0 aliphatic heterocycles. The van der Waals surface area contributed by atoms with Crippen LogP contribution in [0.3, 0.4) is 0 Å². The Labute approximate surface area is 242 Å². The molecule has 3 rings (SSSR count). The van der Waals surface area contributed by atoms with Crippen LogP contribution in [-0.2, 0) is 33.7 Å². The molecule has 0 fully saturated rings. The lowest BCUT2D eigenvalue weighted by atomic mass is 10.0. The SMILES string of the molecule is COCCN(CCc1ccccc1)C(=O)[C@H](Cc1ccc(C)cc1)NC(=O)CN(C)NC(=O)NCc1ccccc1. The van der Waals surface area contributed by atoms with Gasteiger partial charge in [-0.25, -0.2) is 9.80 Å². The highest BCUT2D eigenvalue weighted by atomic mass is 16.5. The number of nitrogens with zero attached hydrogens (tertiary/aromatic N) is 2. The molecular formula is C32H41N5O4. The van der Waals surface area contributed by atoms with Crippen molar-refractivity contribution >= 4 is 17.8 Å². The van der Waals surface area contributed by atoms with Crippen molar-refractivity contribution in [2.24, 2.45) is 0 Å². The molecule has 0 aromatic heterocycles. The van der Waals surface area contributed by atoms with E-state index in [0.29, 0.717) is 39.1 Å². The minimum atomic E-state index is -0.779. The van der Waals surface area contributed by atoms with Crippen LogP contribution in [0.2, 0.25) is 0 Å². The Balaban J connectivity index is 1.64. The number of rotatable bonds is 15. The average molecular weight is 560 g/mol. The van der Waals surface area contributed by atoms with Crippen LogP contribution in [-0.4, -0.2) is 74.2 Å². The summed E-state index contributed by atoms with van der Waals surface area (Å²) in [7, 11) is 3.20. The number of hydrogen-bond donors (Lipinski definition) is 3. The Hall–Kier alpha value is -4.21. The second-order valence-electron chi connectivity index (χ2n) is 10.00. The van der Waals surface area contributed by atoms with Gasteiger partial charge < -0.3 is 20.3 Å². The van der Waals surface area contributed by atoms with E-state index in [1.807, 2.05) is 91.9 Å². The van der Waals surface area contributed by atoms with Crippen LogP contribution in [0.25, 0.3) is 0 Å². The summed E-state index contributed by atoms with van der Waals surface area (Å²) in [6, 6.07) is 26.2. The molecule has 9 heteroatoms. The van der Waals surface area contributed by atoms with E-state index in [1.54, 1.807) is 19.1 Å². The Morgan fingerprint density at radius 3 is 2.10 bits per heavy atom. The van der Waals surface area contributed by atoms with Gasteiger partial charge in [0, 0.05) is 40.2 Å². The van der Waals surface area contributed by atoms with Gasteiger partial charge in [-0.3, -0.25) is 15.0 Å². The summed E-state index contributed by atoms with van der Waals surface area (Å²) < 4.78 is 5.27. The largest absolute Gasteiger partial charge is 0.383 e. The number of carbonyl (C=O) groups is 3. The van der Waals surface area contributed by atoms with Crippen LogP contribution >= 0.6 is 0 Å². The monoisotopic (exact) mass is 559 g/mol. The van der Waals surface area contributed by atoms with Gasteiger partial charge in [0.2, 0.25) is 11.8 Å². The molecule has 0 saturated carbocycles. The number of hydrazine groups is 1. The molecule has 0 bridgehead atoms. The fourth-order valence-electron chi connectivity index (χ4n) is 4.31. The highest BCUT2D eigenvalue weighted by Crippen LogP contribution is 2.10. The summed E-state index contributed by atoms with van der Waals surface area (Å²) in [4.78, 5) is 41.0. The number of urea groups is 1. The Morgan fingerprint density at radius 2 is 1.46 bits per heavy atom. The van der Waals surface area contributed by atoms with E-state index in [9.17, 15) is 14.4 Å². The first-order valence-electron chi connectivity index (χ1n) is 13.8. The van der Waals surface area contributed by atoms with E-state index >= 15 is 0 Å².